The molecule has 1 heterocycles. The summed E-state index contributed by atoms with van der Waals surface area (Å²) in [6.07, 6.45) is 0.774. The molecule has 0 saturated carbocycles. The van der Waals surface area contributed by atoms with Crippen LogP contribution in [0.25, 0.3) is 0 Å². The Balaban J connectivity index is 2.02. The zero-order valence-electron chi connectivity index (χ0n) is 10.2. The minimum Gasteiger partial charge on any atom is -0.493 e. The van der Waals surface area contributed by atoms with Crippen LogP contribution in [0.1, 0.15) is 21.5 Å². The van der Waals surface area contributed by atoms with E-state index < -0.39 is 5.82 Å². The van der Waals surface area contributed by atoms with Gasteiger partial charge in [0.1, 0.15) is 11.6 Å². The van der Waals surface area contributed by atoms with Crippen molar-refractivity contribution in [2.24, 2.45) is 0 Å². The first-order chi connectivity index (χ1) is 9.15. The highest BCUT2D eigenvalue weighted by molar-refractivity contribution is 6.09. The molecular formula is C15H12FNO2. The van der Waals surface area contributed by atoms with Gasteiger partial charge in [-0.3, -0.25) is 4.79 Å². The highest BCUT2D eigenvalue weighted by atomic mass is 19.1. The lowest BCUT2D eigenvalue weighted by Gasteiger charge is -2.05. The predicted molar refractivity (Wildman–Crippen MR) is 69.9 cm³/mol. The Bertz CT molecular complexity index is 667. The number of rotatable bonds is 2. The number of carbonyl (C=O) groups is 1. The molecule has 0 bridgehead atoms. The van der Waals surface area contributed by atoms with Gasteiger partial charge in [-0.2, -0.15) is 0 Å². The Morgan fingerprint density at radius 1 is 1.21 bits per heavy atom. The second kappa shape index (κ2) is 4.39. The van der Waals surface area contributed by atoms with E-state index in [0.29, 0.717) is 17.9 Å². The first kappa shape index (κ1) is 11.7. The van der Waals surface area contributed by atoms with Crippen molar-refractivity contribution >= 4 is 11.5 Å². The normalized spacial score (nSPS) is 12.9. The van der Waals surface area contributed by atoms with Crippen LogP contribution in [0.4, 0.5) is 10.1 Å². The number of ketones is 1. The molecule has 96 valence electrons. The monoisotopic (exact) mass is 257 g/mol. The van der Waals surface area contributed by atoms with Gasteiger partial charge >= 0.3 is 0 Å². The van der Waals surface area contributed by atoms with Crippen LogP contribution in [0.5, 0.6) is 5.75 Å². The van der Waals surface area contributed by atoms with E-state index in [1.54, 1.807) is 18.2 Å². The van der Waals surface area contributed by atoms with Crippen LogP contribution in [-0.2, 0) is 6.42 Å². The molecule has 2 aromatic rings. The van der Waals surface area contributed by atoms with Crippen LogP contribution in [0, 0.1) is 5.82 Å². The topological polar surface area (TPSA) is 52.3 Å². The number of fused-ring (bicyclic) bond motifs is 1. The summed E-state index contributed by atoms with van der Waals surface area (Å²) in [7, 11) is 0. The summed E-state index contributed by atoms with van der Waals surface area (Å²) in [6.45, 7) is 0.625. The van der Waals surface area contributed by atoms with Gasteiger partial charge in [-0.25, -0.2) is 4.39 Å². The van der Waals surface area contributed by atoms with Crippen molar-refractivity contribution in [1.82, 2.24) is 0 Å². The van der Waals surface area contributed by atoms with Crippen molar-refractivity contribution in [3.05, 3.63) is 58.9 Å². The maximum Gasteiger partial charge on any atom is 0.196 e. The largest absolute Gasteiger partial charge is 0.493 e. The lowest BCUT2D eigenvalue weighted by atomic mass is 9.99. The second-order valence-corrected chi connectivity index (χ2v) is 4.49. The Hall–Kier alpha value is -2.36. The average molecular weight is 257 g/mol. The number of benzene rings is 2. The van der Waals surface area contributed by atoms with E-state index in [1.807, 2.05) is 0 Å². The summed E-state index contributed by atoms with van der Waals surface area (Å²) in [6, 6.07) is 9.16. The van der Waals surface area contributed by atoms with Gasteiger partial charge in [0.05, 0.1) is 12.2 Å². The third-order valence-electron chi connectivity index (χ3n) is 3.19. The molecule has 19 heavy (non-hydrogen) atoms. The lowest BCUT2D eigenvalue weighted by molar-refractivity contribution is 0.103. The van der Waals surface area contributed by atoms with E-state index in [1.165, 1.54) is 18.2 Å². The molecule has 0 radical (unpaired) electrons. The van der Waals surface area contributed by atoms with Gasteiger partial charge in [-0.05, 0) is 42.0 Å². The quantitative estimate of drug-likeness (QED) is 0.664. The third kappa shape index (κ3) is 2.05. The maximum absolute atomic E-state index is 13.7. The second-order valence-electron chi connectivity index (χ2n) is 4.49. The Labute approximate surface area is 109 Å². The van der Waals surface area contributed by atoms with Gasteiger partial charge < -0.3 is 10.5 Å². The molecule has 0 saturated heterocycles. The Morgan fingerprint density at radius 3 is 2.89 bits per heavy atom. The SMILES string of the molecule is Nc1ccc(F)c(C(=O)c2ccc3c(c2)CCO3)c1. The van der Waals surface area contributed by atoms with Crippen LogP contribution in [0.15, 0.2) is 36.4 Å². The molecule has 2 N–H and O–H groups in total. The number of carbonyl (C=O) groups excluding carboxylic acids is 1. The van der Waals surface area contributed by atoms with Gasteiger partial charge in [-0.1, -0.05) is 0 Å². The molecule has 1 aliphatic rings. The highest BCUT2D eigenvalue weighted by Crippen LogP contribution is 2.27. The number of nitrogens with two attached hydrogens (primary N) is 1. The molecule has 0 aliphatic carbocycles. The fourth-order valence-electron chi connectivity index (χ4n) is 2.20. The van der Waals surface area contributed by atoms with Crippen LogP contribution < -0.4 is 10.5 Å². The summed E-state index contributed by atoms with van der Waals surface area (Å²) >= 11 is 0. The molecule has 0 aromatic heterocycles. The van der Waals surface area contributed by atoms with E-state index in [2.05, 4.69) is 0 Å². The lowest BCUT2D eigenvalue weighted by Crippen LogP contribution is -2.05. The minimum atomic E-state index is -0.559. The number of ether oxygens (including phenoxy) is 1. The zero-order valence-corrected chi connectivity index (χ0v) is 10.2. The fraction of sp³-hybridized carbons (Fsp3) is 0.133. The van der Waals surface area contributed by atoms with E-state index >= 15 is 0 Å². The number of halogens is 1. The molecule has 1 aliphatic heterocycles. The summed E-state index contributed by atoms with van der Waals surface area (Å²) in [4.78, 5) is 12.3. The van der Waals surface area contributed by atoms with Crippen LogP contribution in [0.2, 0.25) is 0 Å². The number of nitrogen functional groups attached to an aromatic ring is 1. The number of anilines is 1. The summed E-state index contributed by atoms with van der Waals surface area (Å²) in [5.74, 6) is -0.125. The molecule has 4 heteroatoms. The Morgan fingerprint density at radius 2 is 2.05 bits per heavy atom. The molecule has 3 rings (SSSR count). The minimum absolute atomic E-state index is 0.00105. The standard InChI is InChI=1S/C15H12FNO2/c16-13-3-2-11(17)8-12(13)15(18)10-1-4-14-9(7-10)5-6-19-14/h1-4,7-8H,5-6,17H2. The average Bonchev–Trinajstić information content (AvgIpc) is 2.88. The first-order valence-corrected chi connectivity index (χ1v) is 6.00. The molecule has 3 nitrogen and oxygen atoms in total. The van der Waals surface area contributed by atoms with Gasteiger partial charge in [-0.15, -0.1) is 0 Å². The predicted octanol–water partition coefficient (Wildman–Crippen LogP) is 2.57. The van der Waals surface area contributed by atoms with Crippen LogP contribution in [0.3, 0.4) is 0 Å². The molecule has 0 unspecified atom stereocenters. The molecule has 0 atom stereocenters. The van der Waals surface area contributed by atoms with Crippen molar-refractivity contribution in [3.63, 3.8) is 0 Å². The Kier molecular flexibility index (Phi) is 2.71. The third-order valence-corrected chi connectivity index (χ3v) is 3.19. The van der Waals surface area contributed by atoms with Crippen LogP contribution >= 0.6 is 0 Å². The zero-order chi connectivity index (χ0) is 13.4. The molecular weight excluding hydrogens is 245 g/mol. The van der Waals surface area contributed by atoms with Crippen molar-refractivity contribution in [2.75, 3.05) is 12.3 Å². The van der Waals surface area contributed by atoms with Gasteiger partial charge in [0, 0.05) is 17.7 Å². The van der Waals surface area contributed by atoms with Gasteiger partial charge in [0.15, 0.2) is 5.78 Å². The molecule has 0 amide bonds. The molecule has 0 fully saturated rings. The summed E-state index contributed by atoms with van der Waals surface area (Å²) in [5, 5.41) is 0. The van der Waals surface area contributed by atoms with Crippen molar-refractivity contribution < 1.29 is 13.9 Å². The van der Waals surface area contributed by atoms with E-state index in [-0.39, 0.29) is 11.3 Å². The first-order valence-electron chi connectivity index (χ1n) is 6.00. The smallest absolute Gasteiger partial charge is 0.196 e. The van der Waals surface area contributed by atoms with Crippen LogP contribution in [-0.4, -0.2) is 12.4 Å². The molecule has 2 aromatic carbocycles. The highest BCUT2D eigenvalue weighted by Gasteiger charge is 2.18. The van der Waals surface area contributed by atoms with Crippen molar-refractivity contribution in [3.8, 4) is 5.75 Å². The summed E-state index contributed by atoms with van der Waals surface area (Å²) < 4.78 is 19.1. The van der Waals surface area contributed by atoms with E-state index in [9.17, 15) is 9.18 Å². The molecule has 0 spiro atoms. The number of hydrogen-bond acceptors (Lipinski definition) is 3. The van der Waals surface area contributed by atoms with Crippen molar-refractivity contribution in [2.45, 2.75) is 6.42 Å². The van der Waals surface area contributed by atoms with E-state index in [0.717, 1.165) is 17.7 Å². The van der Waals surface area contributed by atoms with E-state index in [4.69, 9.17) is 10.5 Å². The van der Waals surface area contributed by atoms with Gasteiger partial charge in [0.2, 0.25) is 0 Å². The fourth-order valence-corrected chi connectivity index (χ4v) is 2.20. The van der Waals surface area contributed by atoms with Crippen molar-refractivity contribution in [1.29, 1.82) is 0 Å². The van der Waals surface area contributed by atoms with Gasteiger partial charge in [0.25, 0.3) is 0 Å². The summed E-state index contributed by atoms with van der Waals surface area (Å²) in [5.41, 5.74) is 7.40. The maximum atomic E-state index is 13.7. The number of hydrogen-bond donors (Lipinski definition) is 1.